The summed E-state index contributed by atoms with van der Waals surface area (Å²) in [5.41, 5.74) is 0.669. The van der Waals surface area contributed by atoms with Crippen molar-refractivity contribution in [2.75, 3.05) is 12.0 Å². The van der Waals surface area contributed by atoms with Gasteiger partial charge in [0.2, 0.25) is 10.0 Å². The summed E-state index contributed by atoms with van der Waals surface area (Å²) in [7, 11) is -6.97. The monoisotopic (exact) mass is 316 g/mol. The second-order valence-electron chi connectivity index (χ2n) is 4.64. The fourth-order valence-electron chi connectivity index (χ4n) is 1.80. The Bertz CT molecular complexity index is 718. The molecule has 0 aromatic heterocycles. The molecule has 1 atom stereocenters. The minimum atomic E-state index is -3.70. The Morgan fingerprint density at radius 2 is 1.85 bits per heavy atom. The minimum Gasteiger partial charge on any atom is -0.229 e. The van der Waals surface area contributed by atoms with Crippen LogP contribution in [-0.4, -0.2) is 34.9 Å². The van der Waals surface area contributed by atoms with E-state index >= 15 is 0 Å². The molecule has 1 aromatic rings. The maximum atomic E-state index is 11.9. The Kier molecular flexibility index (Phi) is 5.28. The van der Waals surface area contributed by atoms with E-state index in [0.717, 1.165) is 6.26 Å². The Hall–Kier alpha value is -1.43. The molecule has 1 N–H and O–H groups in total. The van der Waals surface area contributed by atoms with Crippen molar-refractivity contribution < 1.29 is 16.8 Å². The van der Waals surface area contributed by atoms with Gasteiger partial charge in [-0.25, -0.2) is 21.6 Å². The smallest absolute Gasteiger partial charge is 0.216 e. The van der Waals surface area contributed by atoms with E-state index in [1.54, 1.807) is 18.2 Å². The molecule has 0 bridgehead atoms. The molecule has 1 aromatic carbocycles. The van der Waals surface area contributed by atoms with Gasteiger partial charge in [0.1, 0.15) is 9.84 Å². The Morgan fingerprint density at radius 1 is 1.25 bits per heavy atom. The predicted molar refractivity (Wildman–Crippen MR) is 76.1 cm³/mol. The zero-order valence-electron chi connectivity index (χ0n) is 11.2. The van der Waals surface area contributed by atoms with Gasteiger partial charge in [-0.1, -0.05) is 18.2 Å². The molecule has 110 valence electrons. The van der Waals surface area contributed by atoms with Crippen molar-refractivity contribution >= 4 is 19.9 Å². The van der Waals surface area contributed by atoms with E-state index in [4.69, 9.17) is 5.26 Å². The van der Waals surface area contributed by atoms with E-state index in [9.17, 15) is 16.8 Å². The zero-order valence-corrected chi connectivity index (χ0v) is 12.8. The molecule has 0 aliphatic carbocycles. The standard InChI is InChI=1S/C12H16N2O4S2/c1-10(8-19(2,15)16)14-20(17,18)9-12-6-4-3-5-11(12)7-13/h3-6,10,14H,8-9H2,1-2H3. The molecule has 1 unspecified atom stereocenters. The van der Waals surface area contributed by atoms with Gasteiger partial charge in [-0.2, -0.15) is 5.26 Å². The lowest BCUT2D eigenvalue weighted by atomic mass is 10.1. The maximum absolute atomic E-state index is 11.9. The summed E-state index contributed by atoms with van der Waals surface area (Å²) < 4.78 is 48.4. The van der Waals surface area contributed by atoms with Crippen LogP contribution in [-0.2, 0) is 25.6 Å². The first kappa shape index (κ1) is 16.6. The van der Waals surface area contributed by atoms with E-state index in [1.165, 1.54) is 13.0 Å². The lowest BCUT2D eigenvalue weighted by Crippen LogP contribution is -2.38. The Morgan fingerprint density at radius 3 is 2.40 bits per heavy atom. The van der Waals surface area contributed by atoms with Crippen LogP contribution < -0.4 is 4.72 Å². The summed E-state index contributed by atoms with van der Waals surface area (Å²) >= 11 is 0. The second kappa shape index (κ2) is 6.35. The van der Waals surface area contributed by atoms with Gasteiger partial charge >= 0.3 is 0 Å². The number of hydrogen-bond acceptors (Lipinski definition) is 5. The molecular formula is C12H16N2O4S2. The van der Waals surface area contributed by atoms with Crippen LogP contribution in [0.5, 0.6) is 0 Å². The van der Waals surface area contributed by atoms with Crippen molar-refractivity contribution in [3.63, 3.8) is 0 Å². The topological polar surface area (TPSA) is 104 Å². The van der Waals surface area contributed by atoms with Crippen molar-refractivity contribution in [2.45, 2.75) is 18.7 Å². The van der Waals surface area contributed by atoms with Crippen molar-refractivity contribution in [1.29, 1.82) is 5.26 Å². The summed E-state index contributed by atoms with van der Waals surface area (Å²) in [5.74, 6) is -0.628. The fourth-order valence-corrected chi connectivity index (χ4v) is 4.33. The summed E-state index contributed by atoms with van der Waals surface area (Å²) in [6.07, 6.45) is 1.04. The minimum absolute atomic E-state index is 0.272. The number of sulfonamides is 1. The molecule has 1 rings (SSSR count). The summed E-state index contributed by atoms with van der Waals surface area (Å²) in [4.78, 5) is 0. The fraction of sp³-hybridized carbons (Fsp3) is 0.417. The van der Waals surface area contributed by atoms with Crippen molar-refractivity contribution in [3.05, 3.63) is 35.4 Å². The normalized spacial score (nSPS) is 13.7. The summed E-state index contributed by atoms with van der Waals surface area (Å²) in [5, 5.41) is 8.91. The SMILES string of the molecule is CC(CS(C)(=O)=O)NS(=O)(=O)Cc1ccccc1C#N. The molecule has 0 amide bonds. The first-order valence-corrected chi connectivity index (χ1v) is 9.50. The highest BCUT2D eigenvalue weighted by atomic mass is 32.2. The summed E-state index contributed by atoms with van der Waals surface area (Å²) in [6.45, 7) is 1.48. The van der Waals surface area contributed by atoms with Crippen molar-refractivity contribution in [2.24, 2.45) is 0 Å². The van der Waals surface area contributed by atoms with E-state index in [-0.39, 0.29) is 17.1 Å². The van der Waals surface area contributed by atoms with Gasteiger partial charge in [0.25, 0.3) is 0 Å². The lowest BCUT2D eigenvalue weighted by molar-refractivity contribution is 0.563. The predicted octanol–water partition coefficient (Wildman–Crippen LogP) is 0.411. The molecule has 0 fully saturated rings. The Balaban J connectivity index is 2.83. The third kappa shape index (κ3) is 5.69. The molecule has 0 radical (unpaired) electrons. The number of rotatable bonds is 6. The van der Waals surface area contributed by atoms with Crippen molar-refractivity contribution in [3.8, 4) is 6.07 Å². The Labute approximate surface area is 119 Å². The van der Waals surface area contributed by atoms with Gasteiger partial charge in [-0.05, 0) is 18.6 Å². The van der Waals surface area contributed by atoms with Crippen LogP contribution in [0, 0.1) is 11.3 Å². The first-order chi connectivity index (χ1) is 9.13. The number of nitriles is 1. The van der Waals surface area contributed by atoms with E-state index < -0.39 is 25.9 Å². The number of nitrogens with zero attached hydrogens (tertiary/aromatic N) is 1. The largest absolute Gasteiger partial charge is 0.229 e. The molecule has 8 heteroatoms. The molecule has 0 heterocycles. The maximum Gasteiger partial charge on any atom is 0.216 e. The molecule has 0 spiro atoms. The highest BCUT2D eigenvalue weighted by molar-refractivity contribution is 7.91. The lowest BCUT2D eigenvalue weighted by Gasteiger charge is -2.13. The molecular weight excluding hydrogens is 300 g/mol. The van der Waals surface area contributed by atoms with E-state index in [1.807, 2.05) is 6.07 Å². The van der Waals surface area contributed by atoms with E-state index in [0.29, 0.717) is 5.56 Å². The number of nitrogens with one attached hydrogen (secondary N) is 1. The molecule has 0 saturated carbocycles. The molecule has 6 nitrogen and oxygen atoms in total. The molecule has 0 saturated heterocycles. The average molecular weight is 316 g/mol. The van der Waals surface area contributed by atoms with Crippen LogP contribution >= 0.6 is 0 Å². The van der Waals surface area contributed by atoms with Gasteiger partial charge in [0, 0.05) is 12.3 Å². The van der Waals surface area contributed by atoms with Crippen LogP contribution in [0.25, 0.3) is 0 Å². The average Bonchev–Trinajstić information content (AvgIpc) is 2.25. The van der Waals surface area contributed by atoms with Gasteiger partial charge in [-0.3, -0.25) is 0 Å². The third-order valence-electron chi connectivity index (χ3n) is 2.42. The van der Waals surface area contributed by atoms with Gasteiger partial charge in [0.15, 0.2) is 0 Å². The van der Waals surface area contributed by atoms with Crippen LogP contribution in [0.2, 0.25) is 0 Å². The van der Waals surface area contributed by atoms with Crippen LogP contribution in [0.15, 0.2) is 24.3 Å². The van der Waals surface area contributed by atoms with Crippen LogP contribution in [0.3, 0.4) is 0 Å². The third-order valence-corrected chi connectivity index (χ3v) is 4.97. The first-order valence-electron chi connectivity index (χ1n) is 5.79. The molecule has 0 aliphatic rings. The van der Waals surface area contributed by atoms with Gasteiger partial charge < -0.3 is 0 Å². The number of sulfone groups is 1. The number of hydrogen-bond donors (Lipinski definition) is 1. The second-order valence-corrected chi connectivity index (χ2v) is 8.58. The van der Waals surface area contributed by atoms with Crippen LogP contribution in [0.4, 0.5) is 0 Å². The van der Waals surface area contributed by atoms with Gasteiger partial charge in [-0.15, -0.1) is 0 Å². The number of benzene rings is 1. The molecule has 0 aliphatic heterocycles. The van der Waals surface area contributed by atoms with E-state index in [2.05, 4.69) is 4.72 Å². The zero-order chi connectivity index (χ0) is 15.4. The molecule has 20 heavy (non-hydrogen) atoms. The quantitative estimate of drug-likeness (QED) is 0.818. The summed E-state index contributed by atoms with van der Waals surface area (Å²) in [6, 6.07) is 7.58. The highest BCUT2D eigenvalue weighted by Gasteiger charge is 2.19. The van der Waals surface area contributed by atoms with Crippen molar-refractivity contribution in [1.82, 2.24) is 4.72 Å². The van der Waals surface area contributed by atoms with Gasteiger partial charge in [0.05, 0.1) is 23.1 Å². The van der Waals surface area contributed by atoms with Crippen LogP contribution in [0.1, 0.15) is 18.1 Å². The highest BCUT2D eigenvalue weighted by Crippen LogP contribution is 2.11.